The number of esters is 1. The van der Waals surface area contributed by atoms with Gasteiger partial charge in [-0.05, 0) is 42.3 Å². The van der Waals surface area contributed by atoms with E-state index in [9.17, 15) is 13.8 Å². The van der Waals surface area contributed by atoms with Gasteiger partial charge in [-0.25, -0.2) is 4.72 Å². The van der Waals surface area contributed by atoms with Crippen molar-refractivity contribution in [2.24, 2.45) is 0 Å². The molecule has 0 fully saturated rings. The van der Waals surface area contributed by atoms with Crippen molar-refractivity contribution in [3.05, 3.63) is 47.0 Å². The van der Waals surface area contributed by atoms with Gasteiger partial charge in [-0.3, -0.25) is 9.59 Å². The molecule has 168 valence electrons. The Kier molecular flexibility index (Phi) is 7.67. The number of anilines is 3. The van der Waals surface area contributed by atoms with Crippen molar-refractivity contribution in [1.82, 2.24) is 0 Å². The van der Waals surface area contributed by atoms with E-state index in [1.54, 1.807) is 30.3 Å². The first-order valence-corrected chi connectivity index (χ1v) is 11.4. The summed E-state index contributed by atoms with van der Waals surface area (Å²) in [5.41, 5.74) is 8.74. The minimum atomic E-state index is -1.74. The molecule has 31 heavy (non-hydrogen) atoms. The van der Waals surface area contributed by atoms with Gasteiger partial charge in [0.05, 0.1) is 12.8 Å². The van der Waals surface area contributed by atoms with E-state index in [2.05, 4.69) is 10.0 Å². The van der Waals surface area contributed by atoms with Gasteiger partial charge >= 0.3 is 5.97 Å². The van der Waals surface area contributed by atoms with Crippen LogP contribution in [0.3, 0.4) is 0 Å². The minimum absolute atomic E-state index is 0.133. The highest BCUT2D eigenvalue weighted by molar-refractivity contribution is 7.85. The Morgan fingerprint density at radius 1 is 1.16 bits per heavy atom. The van der Waals surface area contributed by atoms with Crippen LogP contribution in [-0.2, 0) is 30.1 Å². The van der Waals surface area contributed by atoms with Gasteiger partial charge < -0.3 is 20.5 Å². The van der Waals surface area contributed by atoms with Gasteiger partial charge in [-0.2, -0.15) is 0 Å². The zero-order chi connectivity index (χ0) is 23.3. The van der Waals surface area contributed by atoms with Crippen molar-refractivity contribution in [3.8, 4) is 5.75 Å². The molecule has 1 unspecified atom stereocenters. The largest absolute Gasteiger partial charge is 0.492 e. The molecule has 8 nitrogen and oxygen atoms in total. The number of hydrogen-bond acceptors (Lipinski definition) is 6. The van der Waals surface area contributed by atoms with Crippen molar-refractivity contribution in [2.75, 3.05) is 35.7 Å². The van der Waals surface area contributed by atoms with Gasteiger partial charge in [0.1, 0.15) is 18.6 Å². The first-order chi connectivity index (χ1) is 14.4. The third kappa shape index (κ3) is 6.21. The molecule has 0 saturated carbocycles. The molecule has 0 aliphatic heterocycles. The predicted octanol–water partition coefficient (Wildman–Crippen LogP) is 3.33. The predicted molar refractivity (Wildman–Crippen MR) is 125 cm³/mol. The van der Waals surface area contributed by atoms with E-state index in [1.165, 1.54) is 20.3 Å². The molecule has 2 aromatic carbocycles. The van der Waals surface area contributed by atoms with Crippen molar-refractivity contribution >= 4 is 39.9 Å². The maximum Gasteiger partial charge on any atom is 0.302 e. The van der Waals surface area contributed by atoms with E-state index in [0.717, 1.165) is 11.1 Å². The molecule has 0 heterocycles. The monoisotopic (exact) mass is 448 g/mol. The Hall–Kier alpha value is -3.07. The van der Waals surface area contributed by atoms with Crippen molar-refractivity contribution in [3.63, 3.8) is 0 Å². The highest BCUT2D eigenvalue weighted by Crippen LogP contribution is 2.39. The molecule has 4 N–H and O–H groups in total. The number of rotatable bonds is 8. The van der Waals surface area contributed by atoms with Crippen LogP contribution in [0.15, 0.2) is 30.3 Å². The molecule has 0 spiro atoms. The number of carbonyl (C=O) groups excluding carboxylic acids is 2. The molecule has 0 aliphatic carbocycles. The molecule has 2 aromatic rings. The smallest absolute Gasteiger partial charge is 0.302 e. The molecule has 1 atom stereocenters. The number of nitrogens with two attached hydrogens (primary N) is 1. The number of benzene rings is 2. The fourth-order valence-corrected chi connectivity index (χ4v) is 3.43. The van der Waals surface area contributed by atoms with E-state index in [0.29, 0.717) is 28.4 Å². The summed E-state index contributed by atoms with van der Waals surface area (Å²) in [6.07, 6.45) is 1.53. The first kappa shape index (κ1) is 24.2. The number of amides is 1. The molecule has 0 aliphatic rings. The van der Waals surface area contributed by atoms with Crippen LogP contribution in [-0.4, -0.2) is 31.8 Å². The number of nitrogens with one attached hydrogen (secondary N) is 2. The summed E-state index contributed by atoms with van der Waals surface area (Å²) >= 11 is 0. The topological polar surface area (TPSA) is 120 Å². The maximum atomic E-state index is 12.9. The highest BCUT2D eigenvalue weighted by atomic mass is 32.2. The third-order valence-electron chi connectivity index (χ3n) is 4.78. The van der Waals surface area contributed by atoms with Crippen molar-refractivity contribution in [1.29, 1.82) is 0 Å². The van der Waals surface area contributed by atoms with Crippen LogP contribution in [0.25, 0.3) is 0 Å². The summed E-state index contributed by atoms with van der Waals surface area (Å²) in [5.74, 6) is -0.417. The normalized spacial score (nSPS) is 12.1. The van der Waals surface area contributed by atoms with Crippen LogP contribution in [0.5, 0.6) is 5.75 Å². The van der Waals surface area contributed by atoms with Crippen LogP contribution < -0.4 is 20.5 Å². The van der Waals surface area contributed by atoms with Crippen LogP contribution in [0, 0.1) is 6.92 Å². The number of carbonyl (C=O) groups is 2. The fourth-order valence-electron chi connectivity index (χ4n) is 2.93. The lowest BCUT2D eigenvalue weighted by Crippen LogP contribution is -2.26. The van der Waals surface area contributed by atoms with Gasteiger partial charge in [-0.15, -0.1) is 0 Å². The zero-order valence-corrected chi connectivity index (χ0v) is 19.6. The summed E-state index contributed by atoms with van der Waals surface area (Å²) in [4.78, 5) is 24.2. The van der Waals surface area contributed by atoms with Gasteiger partial charge in [0, 0.05) is 23.6 Å². The van der Waals surface area contributed by atoms with E-state index in [1.807, 2.05) is 20.8 Å². The first-order valence-electron chi connectivity index (χ1n) is 9.65. The minimum Gasteiger partial charge on any atom is -0.492 e. The number of ether oxygens (including phenoxy) is 2. The van der Waals surface area contributed by atoms with E-state index in [-0.39, 0.29) is 18.5 Å². The van der Waals surface area contributed by atoms with Crippen LogP contribution in [0.1, 0.15) is 42.3 Å². The van der Waals surface area contributed by atoms with Gasteiger partial charge in [0.25, 0.3) is 5.91 Å². The van der Waals surface area contributed by atoms with Gasteiger partial charge in [0.15, 0.2) is 16.7 Å². The lowest BCUT2D eigenvalue weighted by Gasteiger charge is -2.26. The van der Waals surface area contributed by atoms with Gasteiger partial charge in [-0.1, -0.05) is 24.1 Å². The lowest BCUT2D eigenvalue weighted by atomic mass is 9.84. The van der Waals surface area contributed by atoms with Crippen LogP contribution in [0.2, 0.25) is 0 Å². The van der Waals surface area contributed by atoms with Crippen LogP contribution >= 0.6 is 0 Å². The Morgan fingerprint density at radius 3 is 2.35 bits per heavy atom. The fraction of sp³-hybridized carbons (Fsp3) is 0.364. The summed E-state index contributed by atoms with van der Waals surface area (Å²) in [6, 6.07) is 8.59. The van der Waals surface area contributed by atoms with E-state index >= 15 is 0 Å². The lowest BCUT2D eigenvalue weighted by molar-refractivity contribution is -0.142. The Bertz CT molecular complexity index is 1020. The maximum absolute atomic E-state index is 12.9. The van der Waals surface area contributed by atoms with E-state index < -0.39 is 16.4 Å². The molecule has 2 rings (SSSR count). The SMILES string of the molecule is COc1c(NC(=O)c2ccc(C)c(N)c2)cc(C(C)(C)COC(C)=O)cc1N[SH+](C)=O. The van der Waals surface area contributed by atoms with E-state index in [4.69, 9.17) is 15.2 Å². The third-order valence-corrected chi connectivity index (χ3v) is 5.33. The summed E-state index contributed by atoms with van der Waals surface area (Å²) in [6.45, 7) is 7.14. The number of thiol groups is 1. The average Bonchev–Trinajstić information content (AvgIpc) is 2.68. The summed E-state index contributed by atoms with van der Waals surface area (Å²) in [7, 11) is -0.280. The van der Waals surface area contributed by atoms with Crippen LogP contribution in [0.4, 0.5) is 17.1 Å². The quantitative estimate of drug-likeness (QED) is 0.247. The molecular formula is C22H30N3O5S+. The Labute approximate surface area is 185 Å². The highest BCUT2D eigenvalue weighted by Gasteiger charge is 2.27. The number of hydrogen-bond donors (Lipinski definition) is 3. The molecule has 1 amide bonds. The Morgan fingerprint density at radius 2 is 1.81 bits per heavy atom. The summed E-state index contributed by atoms with van der Waals surface area (Å²) in [5, 5.41) is 2.85. The second-order valence-electron chi connectivity index (χ2n) is 7.90. The second-order valence-corrected chi connectivity index (χ2v) is 9.12. The van der Waals surface area contributed by atoms with Crippen molar-refractivity contribution in [2.45, 2.75) is 33.1 Å². The average molecular weight is 449 g/mol. The zero-order valence-electron chi connectivity index (χ0n) is 18.7. The Balaban J connectivity index is 2.52. The molecule has 9 heteroatoms. The number of methoxy groups -OCH3 is 1. The molecule has 0 radical (unpaired) electrons. The molecule has 0 bridgehead atoms. The molecule has 0 saturated heterocycles. The van der Waals surface area contributed by atoms with Crippen molar-refractivity contribution < 1.29 is 23.3 Å². The molecular weight excluding hydrogens is 418 g/mol. The van der Waals surface area contributed by atoms with Gasteiger partial charge in [0.2, 0.25) is 0 Å². The molecule has 0 aromatic heterocycles. The summed E-state index contributed by atoms with van der Waals surface area (Å²) < 4.78 is 25.5. The number of nitrogen functional groups attached to an aromatic ring is 1. The standard InChI is InChI=1S/C22H29N3O5S/c1-13-7-8-15(9-17(13)23)21(27)24-18-10-16(22(3,4)12-30-14(2)26)11-19(20(18)29-5)25-31(6)28/h7-11H,12,23H2,1-6H3,(H,24,27)(H,25,28)/p+1. The number of aryl methyl sites for hydroxylation is 1. The second kappa shape index (κ2) is 9.82.